The quantitative estimate of drug-likeness (QED) is 0.456. The molecule has 0 saturated heterocycles. The summed E-state index contributed by atoms with van der Waals surface area (Å²) in [5.41, 5.74) is 1.21. The summed E-state index contributed by atoms with van der Waals surface area (Å²) < 4.78 is 60.1. The number of hydrogen-bond donors (Lipinski definition) is 0. The Balaban J connectivity index is 2.19. The molecule has 0 fully saturated rings. The average Bonchev–Trinajstić information content (AvgIpc) is 2.52. The molecule has 5 heteroatoms. The second kappa shape index (κ2) is 8.62. The van der Waals surface area contributed by atoms with Gasteiger partial charge in [-0.1, -0.05) is 12.2 Å². The second-order valence-electron chi connectivity index (χ2n) is 5.53. The molecule has 0 aliphatic carbocycles. The van der Waals surface area contributed by atoms with Crippen molar-refractivity contribution in [2.45, 2.75) is 26.1 Å². The van der Waals surface area contributed by atoms with Gasteiger partial charge in [-0.2, -0.15) is 0 Å². The van der Waals surface area contributed by atoms with E-state index in [0.29, 0.717) is 11.1 Å². The van der Waals surface area contributed by atoms with Crippen molar-refractivity contribution in [1.29, 1.82) is 0 Å². The summed E-state index contributed by atoms with van der Waals surface area (Å²) in [6, 6.07) is 3.97. The molecule has 2 aromatic rings. The maximum Gasteiger partial charge on any atom is 0.131 e. The van der Waals surface area contributed by atoms with Crippen LogP contribution in [0.1, 0.15) is 22.3 Å². The van der Waals surface area contributed by atoms with Gasteiger partial charge < -0.3 is 4.74 Å². The highest BCUT2D eigenvalue weighted by Gasteiger charge is 2.14. The van der Waals surface area contributed by atoms with Gasteiger partial charge in [0.2, 0.25) is 0 Å². The highest BCUT2D eigenvalue weighted by Crippen LogP contribution is 2.22. The summed E-state index contributed by atoms with van der Waals surface area (Å²) in [5.74, 6) is -2.84. The molecule has 0 unspecified atom stereocenters. The minimum atomic E-state index is -0.734. The molecule has 0 bridgehead atoms. The summed E-state index contributed by atoms with van der Waals surface area (Å²) in [4.78, 5) is 0. The van der Waals surface area contributed by atoms with Gasteiger partial charge in [0.15, 0.2) is 0 Å². The first-order chi connectivity index (χ1) is 12.0. The minimum Gasteiger partial charge on any atom is -0.372 e. The Morgan fingerprint density at radius 3 is 1.48 bits per heavy atom. The molecule has 132 valence electrons. The van der Waals surface area contributed by atoms with Gasteiger partial charge in [-0.15, -0.1) is 13.2 Å². The first-order valence-corrected chi connectivity index (χ1v) is 7.69. The maximum atomic E-state index is 14.0. The molecule has 0 amide bonds. The zero-order chi connectivity index (χ0) is 18.4. The van der Waals surface area contributed by atoms with E-state index in [1.54, 1.807) is 0 Å². The predicted molar refractivity (Wildman–Crippen MR) is 89.0 cm³/mol. The molecular formula is C20H18F4O. The summed E-state index contributed by atoms with van der Waals surface area (Å²) in [5, 5.41) is 0. The molecule has 0 aromatic heterocycles. The molecule has 0 heterocycles. The molecular weight excluding hydrogens is 332 g/mol. The number of ether oxygens (including phenoxy) is 1. The number of hydrogen-bond acceptors (Lipinski definition) is 1. The molecule has 0 spiro atoms. The molecule has 1 nitrogen and oxygen atoms in total. The highest BCUT2D eigenvalue weighted by atomic mass is 19.1. The Morgan fingerprint density at radius 1 is 0.720 bits per heavy atom. The Morgan fingerprint density at radius 2 is 1.12 bits per heavy atom. The SMILES string of the molecule is C=CCc1cc(F)cc(F)c1COCc1c(F)cc(F)cc1CC=C. The first-order valence-electron chi connectivity index (χ1n) is 7.69. The average molecular weight is 350 g/mol. The van der Waals surface area contributed by atoms with Crippen molar-refractivity contribution in [3.8, 4) is 0 Å². The van der Waals surface area contributed by atoms with Crippen molar-refractivity contribution in [1.82, 2.24) is 0 Å². The van der Waals surface area contributed by atoms with Crippen LogP contribution in [-0.2, 0) is 30.8 Å². The van der Waals surface area contributed by atoms with Gasteiger partial charge in [0.1, 0.15) is 23.3 Å². The van der Waals surface area contributed by atoms with Crippen molar-refractivity contribution in [2.75, 3.05) is 0 Å². The van der Waals surface area contributed by atoms with Gasteiger partial charge in [-0.05, 0) is 36.1 Å². The molecule has 2 aromatic carbocycles. The van der Waals surface area contributed by atoms with Crippen LogP contribution >= 0.6 is 0 Å². The van der Waals surface area contributed by atoms with Crippen molar-refractivity contribution >= 4 is 0 Å². The Hall–Kier alpha value is -2.40. The van der Waals surface area contributed by atoms with Crippen LogP contribution in [0.25, 0.3) is 0 Å². The third-order valence-electron chi connectivity index (χ3n) is 3.73. The lowest BCUT2D eigenvalue weighted by atomic mass is 10.0. The molecule has 2 rings (SSSR count). The lowest BCUT2D eigenvalue weighted by molar-refractivity contribution is 0.101. The van der Waals surface area contributed by atoms with E-state index in [4.69, 9.17) is 4.74 Å². The zero-order valence-electron chi connectivity index (χ0n) is 13.6. The number of halogens is 4. The fraction of sp³-hybridized carbons (Fsp3) is 0.200. The van der Waals surface area contributed by atoms with Gasteiger partial charge in [-0.25, -0.2) is 17.6 Å². The molecule has 0 radical (unpaired) electrons. The Labute approximate surface area is 144 Å². The smallest absolute Gasteiger partial charge is 0.131 e. The van der Waals surface area contributed by atoms with Crippen LogP contribution in [0.3, 0.4) is 0 Å². The minimum absolute atomic E-state index is 0.167. The summed E-state index contributed by atoms with van der Waals surface area (Å²) in [7, 11) is 0. The van der Waals surface area contributed by atoms with Crippen LogP contribution in [-0.4, -0.2) is 0 Å². The lowest BCUT2D eigenvalue weighted by Crippen LogP contribution is -2.06. The van der Waals surface area contributed by atoms with Crippen molar-refractivity contribution in [3.63, 3.8) is 0 Å². The number of allylic oxidation sites excluding steroid dienone is 2. The number of benzene rings is 2. The highest BCUT2D eigenvalue weighted by molar-refractivity contribution is 5.32. The van der Waals surface area contributed by atoms with Gasteiger partial charge in [0.05, 0.1) is 13.2 Å². The van der Waals surface area contributed by atoms with Crippen LogP contribution in [0.15, 0.2) is 49.6 Å². The molecule has 0 saturated carbocycles. The first kappa shape index (κ1) is 18.9. The van der Waals surface area contributed by atoms with Crippen molar-refractivity contribution in [2.24, 2.45) is 0 Å². The normalized spacial score (nSPS) is 10.7. The fourth-order valence-electron chi connectivity index (χ4n) is 2.57. The lowest BCUT2D eigenvalue weighted by Gasteiger charge is -2.13. The van der Waals surface area contributed by atoms with Crippen LogP contribution in [0.4, 0.5) is 17.6 Å². The van der Waals surface area contributed by atoms with E-state index in [-0.39, 0.29) is 37.2 Å². The third kappa shape index (κ3) is 4.79. The third-order valence-corrected chi connectivity index (χ3v) is 3.73. The zero-order valence-corrected chi connectivity index (χ0v) is 13.6. The van der Waals surface area contributed by atoms with E-state index in [2.05, 4.69) is 13.2 Å². The van der Waals surface area contributed by atoms with Gasteiger partial charge in [-0.3, -0.25) is 0 Å². The molecule has 0 aliphatic heterocycles. The molecule has 25 heavy (non-hydrogen) atoms. The number of rotatable bonds is 8. The fourth-order valence-corrected chi connectivity index (χ4v) is 2.57. The molecule has 0 aliphatic rings. The van der Waals surface area contributed by atoms with Crippen LogP contribution in [0.2, 0.25) is 0 Å². The summed E-state index contributed by atoms with van der Waals surface area (Å²) >= 11 is 0. The topological polar surface area (TPSA) is 9.23 Å². The summed E-state index contributed by atoms with van der Waals surface area (Å²) in [6.45, 7) is 6.78. The van der Waals surface area contributed by atoms with Gasteiger partial charge in [0, 0.05) is 23.3 Å². The van der Waals surface area contributed by atoms with E-state index in [9.17, 15) is 17.6 Å². The van der Waals surface area contributed by atoms with Crippen molar-refractivity contribution in [3.05, 3.63) is 95.1 Å². The van der Waals surface area contributed by atoms with E-state index in [0.717, 1.165) is 12.1 Å². The molecule has 0 atom stereocenters. The Bertz CT molecular complexity index is 718. The Kier molecular flexibility index (Phi) is 6.53. The van der Waals surface area contributed by atoms with E-state index >= 15 is 0 Å². The van der Waals surface area contributed by atoms with Crippen LogP contribution in [0, 0.1) is 23.3 Å². The molecule has 0 N–H and O–H groups in total. The van der Waals surface area contributed by atoms with Gasteiger partial charge in [0.25, 0.3) is 0 Å². The second-order valence-corrected chi connectivity index (χ2v) is 5.53. The standard InChI is InChI=1S/C20H18F4O/c1-3-5-13-7-15(21)9-19(23)17(13)11-25-12-18-14(6-4-2)8-16(22)10-20(18)24/h3-4,7-10H,1-2,5-6,11-12H2. The van der Waals surface area contributed by atoms with Crippen LogP contribution in [0.5, 0.6) is 0 Å². The van der Waals surface area contributed by atoms with Crippen LogP contribution < -0.4 is 0 Å². The van der Waals surface area contributed by atoms with Gasteiger partial charge >= 0.3 is 0 Å². The van der Waals surface area contributed by atoms with E-state index in [1.807, 2.05) is 0 Å². The van der Waals surface area contributed by atoms with Crippen molar-refractivity contribution < 1.29 is 22.3 Å². The summed E-state index contributed by atoms with van der Waals surface area (Å²) in [6.07, 6.45) is 3.61. The van der Waals surface area contributed by atoms with E-state index < -0.39 is 23.3 Å². The van der Waals surface area contributed by atoms with E-state index in [1.165, 1.54) is 24.3 Å². The predicted octanol–water partition coefficient (Wildman–Crippen LogP) is 5.42. The monoisotopic (exact) mass is 350 g/mol. The maximum absolute atomic E-state index is 14.0. The largest absolute Gasteiger partial charge is 0.372 e.